The summed E-state index contributed by atoms with van der Waals surface area (Å²) in [6.07, 6.45) is 0.354. The molecule has 1 aliphatic carbocycles. The van der Waals surface area contributed by atoms with Crippen molar-refractivity contribution < 1.29 is 19.5 Å². The van der Waals surface area contributed by atoms with Gasteiger partial charge in [0, 0.05) is 6.54 Å². The quantitative estimate of drug-likeness (QED) is 0.688. The van der Waals surface area contributed by atoms with Gasteiger partial charge in [-0.15, -0.1) is 0 Å². The molecule has 20 heavy (non-hydrogen) atoms. The minimum Gasteiger partial charge on any atom is -0.481 e. The molecule has 1 fully saturated rings. The Labute approximate surface area is 116 Å². The number of amides is 2. The smallest absolute Gasteiger partial charge is 0.307 e. The molecule has 0 aliphatic heterocycles. The van der Waals surface area contributed by atoms with Crippen LogP contribution in [0.15, 0.2) is 30.3 Å². The van der Waals surface area contributed by atoms with Crippen molar-refractivity contribution in [3.05, 3.63) is 35.9 Å². The van der Waals surface area contributed by atoms with Crippen LogP contribution in [0.25, 0.3) is 0 Å². The lowest BCUT2D eigenvalue weighted by molar-refractivity contribution is -0.140. The molecule has 3 N–H and O–H groups in total. The second-order valence-electron chi connectivity index (χ2n) is 4.77. The summed E-state index contributed by atoms with van der Waals surface area (Å²) in [5.74, 6) is -2.71. The maximum Gasteiger partial charge on any atom is 0.307 e. The van der Waals surface area contributed by atoms with E-state index in [9.17, 15) is 14.4 Å². The van der Waals surface area contributed by atoms with Crippen LogP contribution >= 0.6 is 0 Å². The Morgan fingerprint density at radius 3 is 2.40 bits per heavy atom. The number of carbonyl (C=O) groups is 3. The van der Waals surface area contributed by atoms with Crippen LogP contribution < -0.4 is 10.6 Å². The number of carboxylic acids is 1. The highest BCUT2D eigenvalue weighted by Gasteiger charge is 2.48. The summed E-state index contributed by atoms with van der Waals surface area (Å²) in [4.78, 5) is 33.7. The third-order valence-corrected chi connectivity index (χ3v) is 3.20. The van der Waals surface area contributed by atoms with Gasteiger partial charge in [0.05, 0.1) is 18.4 Å². The molecular weight excluding hydrogens is 260 g/mol. The molecule has 1 aromatic carbocycles. The Morgan fingerprint density at radius 2 is 1.80 bits per heavy atom. The zero-order valence-corrected chi connectivity index (χ0v) is 10.8. The third kappa shape index (κ3) is 3.81. The van der Waals surface area contributed by atoms with Crippen molar-refractivity contribution in [2.75, 3.05) is 6.54 Å². The number of hydrogen-bond donors (Lipinski definition) is 3. The Hall–Kier alpha value is -2.37. The van der Waals surface area contributed by atoms with Gasteiger partial charge in [-0.05, 0) is 12.0 Å². The summed E-state index contributed by atoms with van der Waals surface area (Å²) in [5, 5.41) is 13.8. The zero-order valence-electron chi connectivity index (χ0n) is 10.8. The van der Waals surface area contributed by atoms with Crippen molar-refractivity contribution in [1.29, 1.82) is 0 Å². The number of hydrogen-bond acceptors (Lipinski definition) is 3. The van der Waals surface area contributed by atoms with Crippen LogP contribution in [0.5, 0.6) is 0 Å². The molecule has 0 spiro atoms. The van der Waals surface area contributed by atoms with Gasteiger partial charge in [0.2, 0.25) is 11.8 Å². The molecule has 2 rings (SSSR count). The van der Waals surface area contributed by atoms with Gasteiger partial charge in [0.25, 0.3) is 0 Å². The molecular formula is C14H16N2O4. The molecule has 1 aliphatic rings. The van der Waals surface area contributed by atoms with Gasteiger partial charge in [-0.3, -0.25) is 14.4 Å². The van der Waals surface area contributed by atoms with Crippen molar-refractivity contribution in [1.82, 2.24) is 10.6 Å². The van der Waals surface area contributed by atoms with E-state index in [0.717, 1.165) is 5.56 Å². The summed E-state index contributed by atoms with van der Waals surface area (Å²) in [6, 6.07) is 9.42. The molecule has 2 amide bonds. The molecule has 0 saturated heterocycles. The van der Waals surface area contributed by atoms with Crippen molar-refractivity contribution >= 4 is 17.8 Å². The second kappa shape index (κ2) is 6.18. The van der Waals surface area contributed by atoms with Crippen molar-refractivity contribution in [2.45, 2.75) is 13.0 Å². The van der Waals surface area contributed by atoms with E-state index in [1.807, 2.05) is 30.3 Å². The summed E-state index contributed by atoms with van der Waals surface area (Å²) in [6.45, 7) is 0.269. The third-order valence-electron chi connectivity index (χ3n) is 3.20. The molecule has 0 radical (unpaired) electrons. The number of aliphatic carboxylic acids is 1. The fourth-order valence-corrected chi connectivity index (χ4v) is 1.92. The normalized spacial score (nSPS) is 20.0. The summed E-state index contributed by atoms with van der Waals surface area (Å²) in [5.41, 5.74) is 0.973. The van der Waals surface area contributed by atoms with Gasteiger partial charge >= 0.3 is 5.97 Å². The maximum atomic E-state index is 11.5. The Kier molecular flexibility index (Phi) is 4.34. The van der Waals surface area contributed by atoms with E-state index in [1.54, 1.807) is 0 Å². The summed E-state index contributed by atoms with van der Waals surface area (Å²) in [7, 11) is 0. The van der Waals surface area contributed by atoms with E-state index >= 15 is 0 Å². The lowest BCUT2D eigenvalue weighted by Gasteiger charge is -2.06. The fourth-order valence-electron chi connectivity index (χ4n) is 1.92. The van der Waals surface area contributed by atoms with Gasteiger partial charge < -0.3 is 15.7 Å². The first kappa shape index (κ1) is 14.0. The maximum absolute atomic E-state index is 11.5. The SMILES string of the molecule is O=C(CNC(=O)[C@@H]1C[C@@H]1C(=O)O)NCc1ccccc1. The molecule has 0 aromatic heterocycles. The predicted molar refractivity (Wildman–Crippen MR) is 70.5 cm³/mol. The van der Waals surface area contributed by atoms with Crippen LogP contribution in [-0.4, -0.2) is 29.4 Å². The molecule has 0 bridgehead atoms. The van der Waals surface area contributed by atoms with Gasteiger partial charge in [-0.1, -0.05) is 30.3 Å². The first-order chi connectivity index (χ1) is 9.58. The van der Waals surface area contributed by atoms with E-state index < -0.39 is 17.8 Å². The van der Waals surface area contributed by atoms with Gasteiger partial charge in [0.15, 0.2) is 0 Å². The predicted octanol–water partition coefficient (Wildman–Crippen LogP) is 0.140. The lowest BCUT2D eigenvalue weighted by Crippen LogP contribution is -2.37. The molecule has 0 unspecified atom stereocenters. The topological polar surface area (TPSA) is 95.5 Å². The van der Waals surface area contributed by atoms with E-state index in [0.29, 0.717) is 13.0 Å². The summed E-state index contributed by atoms with van der Waals surface area (Å²) < 4.78 is 0. The van der Waals surface area contributed by atoms with Crippen LogP contribution in [0.3, 0.4) is 0 Å². The van der Waals surface area contributed by atoms with Crippen LogP contribution in [0, 0.1) is 11.8 Å². The highest BCUT2D eigenvalue weighted by Crippen LogP contribution is 2.38. The average molecular weight is 276 g/mol. The van der Waals surface area contributed by atoms with E-state index in [4.69, 9.17) is 5.11 Å². The molecule has 1 aromatic rings. The van der Waals surface area contributed by atoms with Gasteiger partial charge in [-0.25, -0.2) is 0 Å². The van der Waals surface area contributed by atoms with Crippen LogP contribution in [0.2, 0.25) is 0 Å². The van der Waals surface area contributed by atoms with Gasteiger partial charge in [0.1, 0.15) is 0 Å². The number of carboxylic acid groups (broad SMARTS) is 1. The number of carbonyl (C=O) groups excluding carboxylic acids is 2. The van der Waals surface area contributed by atoms with E-state index in [2.05, 4.69) is 10.6 Å². The minimum absolute atomic E-state index is 0.130. The first-order valence-electron chi connectivity index (χ1n) is 6.39. The minimum atomic E-state index is -0.960. The summed E-state index contributed by atoms with van der Waals surface area (Å²) >= 11 is 0. The molecule has 0 heterocycles. The molecule has 6 nitrogen and oxygen atoms in total. The zero-order chi connectivity index (χ0) is 14.5. The largest absolute Gasteiger partial charge is 0.481 e. The van der Waals surface area contributed by atoms with E-state index in [1.165, 1.54) is 0 Å². The van der Waals surface area contributed by atoms with Crippen molar-refractivity contribution in [3.63, 3.8) is 0 Å². The second-order valence-corrected chi connectivity index (χ2v) is 4.77. The Balaban J connectivity index is 1.66. The Bertz CT molecular complexity index is 515. The van der Waals surface area contributed by atoms with Crippen LogP contribution in [-0.2, 0) is 20.9 Å². The number of nitrogens with one attached hydrogen (secondary N) is 2. The monoisotopic (exact) mass is 276 g/mol. The fraction of sp³-hybridized carbons (Fsp3) is 0.357. The molecule has 106 valence electrons. The lowest BCUT2D eigenvalue weighted by atomic mass is 10.2. The highest BCUT2D eigenvalue weighted by molar-refractivity contribution is 5.91. The van der Waals surface area contributed by atoms with Crippen molar-refractivity contribution in [3.8, 4) is 0 Å². The molecule has 6 heteroatoms. The first-order valence-corrected chi connectivity index (χ1v) is 6.39. The van der Waals surface area contributed by atoms with E-state index in [-0.39, 0.29) is 18.4 Å². The molecule has 1 saturated carbocycles. The Morgan fingerprint density at radius 1 is 1.10 bits per heavy atom. The standard InChI is InChI=1S/C14H16N2O4/c17-12(15-7-9-4-2-1-3-5-9)8-16-13(18)10-6-11(10)14(19)20/h1-5,10-11H,6-8H2,(H,15,17)(H,16,18)(H,19,20)/t10-,11+/m1/s1. The van der Waals surface area contributed by atoms with Crippen LogP contribution in [0.1, 0.15) is 12.0 Å². The van der Waals surface area contributed by atoms with Crippen LogP contribution in [0.4, 0.5) is 0 Å². The highest BCUT2D eigenvalue weighted by atomic mass is 16.4. The molecule has 2 atom stereocenters. The van der Waals surface area contributed by atoms with Crippen molar-refractivity contribution in [2.24, 2.45) is 11.8 Å². The average Bonchev–Trinajstić information content (AvgIpc) is 3.24. The number of benzene rings is 1. The van der Waals surface area contributed by atoms with Gasteiger partial charge in [-0.2, -0.15) is 0 Å². The number of rotatable bonds is 6.